The average molecular weight is 225 g/mol. The molecular formula is C14H27NO. The number of rotatable bonds is 3. The third-order valence-electron chi connectivity index (χ3n) is 3.76. The number of hydrogen-bond donors (Lipinski definition) is 1. The zero-order chi connectivity index (χ0) is 11.6. The molecule has 0 aromatic rings. The molecule has 2 fully saturated rings. The van der Waals surface area contributed by atoms with E-state index in [-0.39, 0.29) is 0 Å². The molecule has 2 heteroatoms. The fraction of sp³-hybridized carbons (Fsp3) is 1.00. The van der Waals surface area contributed by atoms with Crippen LogP contribution in [-0.2, 0) is 4.74 Å². The van der Waals surface area contributed by atoms with Gasteiger partial charge < -0.3 is 10.1 Å². The molecule has 0 aromatic carbocycles. The molecular weight excluding hydrogens is 198 g/mol. The predicted octanol–water partition coefficient (Wildman–Crippen LogP) is 2.97. The van der Waals surface area contributed by atoms with Crippen molar-refractivity contribution in [2.75, 3.05) is 13.1 Å². The second-order valence-electron chi connectivity index (χ2n) is 6.81. The molecule has 0 radical (unpaired) electrons. The van der Waals surface area contributed by atoms with Crippen LogP contribution >= 0.6 is 0 Å². The summed E-state index contributed by atoms with van der Waals surface area (Å²) in [5.74, 6) is 0.923. The van der Waals surface area contributed by atoms with Gasteiger partial charge >= 0.3 is 0 Å². The summed E-state index contributed by atoms with van der Waals surface area (Å²) in [4.78, 5) is 0. The number of piperidine rings is 1. The molecule has 1 heterocycles. The van der Waals surface area contributed by atoms with Crippen molar-refractivity contribution in [3.63, 3.8) is 0 Å². The highest BCUT2D eigenvalue weighted by Gasteiger charge is 2.34. The van der Waals surface area contributed by atoms with E-state index in [4.69, 9.17) is 4.74 Å². The van der Waals surface area contributed by atoms with Crippen molar-refractivity contribution in [1.82, 2.24) is 5.32 Å². The lowest BCUT2D eigenvalue weighted by molar-refractivity contribution is -0.0901. The van der Waals surface area contributed by atoms with Crippen molar-refractivity contribution >= 4 is 0 Å². The Balaban J connectivity index is 1.61. The Morgan fingerprint density at radius 1 is 1.06 bits per heavy atom. The largest absolute Gasteiger partial charge is 0.375 e. The Morgan fingerprint density at radius 2 is 1.69 bits per heavy atom. The van der Waals surface area contributed by atoms with Crippen molar-refractivity contribution < 1.29 is 4.74 Å². The summed E-state index contributed by atoms with van der Waals surface area (Å²) >= 11 is 0. The molecule has 1 aliphatic carbocycles. The van der Waals surface area contributed by atoms with Crippen LogP contribution in [0.4, 0.5) is 0 Å². The van der Waals surface area contributed by atoms with Crippen LogP contribution in [0, 0.1) is 11.3 Å². The van der Waals surface area contributed by atoms with Crippen LogP contribution in [0.25, 0.3) is 0 Å². The summed E-state index contributed by atoms with van der Waals surface area (Å²) in [6, 6.07) is 0. The zero-order valence-electron chi connectivity index (χ0n) is 11.1. The first kappa shape index (κ1) is 12.4. The van der Waals surface area contributed by atoms with E-state index >= 15 is 0 Å². The third-order valence-corrected chi connectivity index (χ3v) is 3.76. The molecule has 0 amide bonds. The third kappa shape index (κ3) is 3.74. The Morgan fingerprint density at radius 3 is 2.25 bits per heavy atom. The van der Waals surface area contributed by atoms with Gasteiger partial charge in [0.2, 0.25) is 0 Å². The van der Waals surface area contributed by atoms with Crippen molar-refractivity contribution in [3.05, 3.63) is 0 Å². The van der Waals surface area contributed by atoms with E-state index in [1.165, 1.54) is 32.1 Å². The molecule has 0 aromatic heterocycles. The van der Waals surface area contributed by atoms with Gasteiger partial charge in [-0.1, -0.05) is 20.8 Å². The van der Waals surface area contributed by atoms with E-state index in [0.717, 1.165) is 19.0 Å². The van der Waals surface area contributed by atoms with Crippen LogP contribution in [0.5, 0.6) is 0 Å². The molecule has 16 heavy (non-hydrogen) atoms. The van der Waals surface area contributed by atoms with Gasteiger partial charge in [0.25, 0.3) is 0 Å². The maximum atomic E-state index is 6.13. The van der Waals surface area contributed by atoms with Crippen LogP contribution < -0.4 is 5.32 Å². The molecule has 1 N–H and O–H groups in total. The quantitative estimate of drug-likeness (QED) is 0.797. The Hall–Kier alpha value is -0.0800. The summed E-state index contributed by atoms with van der Waals surface area (Å²) in [6.07, 6.45) is 7.51. The maximum absolute atomic E-state index is 6.13. The highest BCUT2D eigenvalue weighted by Crippen LogP contribution is 2.39. The summed E-state index contributed by atoms with van der Waals surface area (Å²) < 4.78 is 6.13. The second kappa shape index (κ2) is 5.05. The molecule has 2 nitrogen and oxygen atoms in total. The lowest BCUT2D eigenvalue weighted by Crippen LogP contribution is -2.40. The predicted molar refractivity (Wildman–Crippen MR) is 67.6 cm³/mol. The first-order valence-corrected chi connectivity index (χ1v) is 6.89. The summed E-state index contributed by atoms with van der Waals surface area (Å²) in [7, 11) is 0. The van der Waals surface area contributed by atoms with Crippen molar-refractivity contribution in [1.29, 1.82) is 0 Å². The van der Waals surface area contributed by atoms with E-state index < -0.39 is 0 Å². The standard InChI is InChI=1S/C14H27NO/c1-14(2,3)10-11-8-13(9-11)16-12-4-6-15-7-5-12/h11-13,15H,4-10H2,1-3H3/t11-,13-. The molecule has 1 saturated carbocycles. The first-order valence-electron chi connectivity index (χ1n) is 6.89. The molecule has 0 spiro atoms. The molecule has 1 saturated heterocycles. The molecule has 0 unspecified atom stereocenters. The molecule has 0 bridgehead atoms. The highest BCUT2D eigenvalue weighted by atomic mass is 16.5. The van der Waals surface area contributed by atoms with Crippen molar-refractivity contribution in [2.45, 2.75) is 65.1 Å². The van der Waals surface area contributed by atoms with E-state index in [9.17, 15) is 0 Å². The van der Waals surface area contributed by atoms with E-state index in [2.05, 4.69) is 26.1 Å². The minimum atomic E-state index is 0.490. The van der Waals surface area contributed by atoms with Gasteiger partial charge in [-0.05, 0) is 56.5 Å². The van der Waals surface area contributed by atoms with E-state index in [0.29, 0.717) is 17.6 Å². The molecule has 1 aliphatic heterocycles. The van der Waals surface area contributed by atoms with E-state index in [1.807, 2.05) is 0 Å². The van der Waals surface area contributed by atoms with Gasteiger partial charge in [-0.3, -0.25) is 0 Å². The fourth-order valence-electron chi connectivity index (χ4n) is 3.02. The Kier molecular flexibility index (Phi) is 3.91. The van der Waals surface area contributed by atoms with Gasteiger partial charge in [0.05, 0.1) is 12.2 Å². The lowest BCUT2D eigenvalue weighted by atomic mass is 9.72. The molecule has 2 aliphatic rings. The zero-order valence-corrected chi connectivity index (χ0v) is 11.1. The summed E-state index contributed by atoms with van der Waals surface area (Å²) in [5.41, 5.74) is 0.490. The maximum Gasteiger partial charge on any atom is 0.0603 e. The van der Waals surface area contributed by atoms with Gasteiger partial charge in [-0.15, -0.1) is 0 Å². The first-order chi connectivity index (χ1) is 7.53. The number of ether oxygens (including phenoxy) is 1. The molecule has 94 valence electrons. The SMILES string of the molecule is CC(C)(C)C[C@H]1C[C@H](OC2CCNCC2)C1. The van der Waals surface area contributed by atoms with Crippen LogP contribution in [0.1, 0.15) is 52.9 Å². The molecule has 2 rings (SSSR count). The Bertz CT molecular complexity index is 209. The lowest BCUT2D eigenvalue weighted by Gasteiger charge is -2.41. The van der Waals surface area contributed by atoms with Gasteiger partial charge in [0.1, 0.15) is 0 Å². The Labute approximate surface area is 100 Å². The van der Waals surface area contributed by atoms with Gasteiger partial charge in [0.15, 0.2) is 0 Å². The smallest absolute Gasteiger partial charge is 0.0603 e. The number of hydrogen-bond acceptors (Lipinski definition) is 2. The monoisotopic (exact) mass is 225 g/mol. The van der Waals surface area contributed by atoms with Crippen molar-refractivity contribution in [2.24, 2.45) is 11.3 Å². The van der Waals surface area contributed by atoms with Crippen molar-refractivity contribution in [3.8, 4) is 0 Å². The summed E-state index contributed by atoms with van der Waals surface area (Å²) in [5, 5.41) is 3.38. The van der Waals surface area contributed by atoms with Gasteiger partial charge in [-0.2, -0.15) is 0 Å². The van der Waals surface area contributed by atoms with Crippen LogP contribution in [0.3, 0.4) is 0 Å². The average Bonchev–Trinajstić information content (AvgIpc) is 2.14. The second-order valence-corrected chi connectivity index (χ2v) is 6.81. The summed E-state index contributed by atoms with van der Waals surface area (Å²) in [6.45, 7) is 9.31. The highest BCUT2D eigenvalue weighted by molar-refractivity contribution is 4.85. The van der Waals surface area contributed by atoms with Gasteiger partial charge in [-0.25, -0.2) is 0 Å². The van der Waals surface area contributed by atoms with E-state index in [1.54, 1.807) is 0 Å². The van der Waals surface area contributed by atoms with Crippen LogP contribution in [0.15, 0.2) is 0 Å². The number of nitrogens with one attached hydrogen (secondary N) is 1. The van der Waals surface area contributed by atoms with Gasteiger partial charge in [0, 0.05) is 0 Å². The fourth-order valence-corrected chi connectivity index (χ4v) is 3.02. The van der Waals surface area contributed by atoms with Crippen LogP contribution in [0.2, 0.25) is 0 Å². The molecule has 0 atom stereocenters. The van der Waals surface area contributed by atoms with Crippen LogP contribution in [-0.4, -0.2) is 25.3 Å². The minimum Gasteiger partial charge on any atom is -0.375 e. The minimum absolute atomic E-state index is 0.490. The normalized spacial score (nSPS) is 32.4. The topological polar surface area (TPSA) is 21.3 Å².